The molecule has 0 aliphatic rings. The Labute approximate surface area is 73.7 Å². The third-order valence-electron chi connectivity index (χ3n) is 1.06. The number of rotatable bonds is 1. The summed E-state index contributed by atoms with van der Waals surface area (Å²) >= 11 is 0. The van der Waals surface area contributed by atoms with E-state index in [-0.39, 0.29) is 27.0 Å². The quantitative estimate of drug-likeness (QED) is 0.819. The summed E-state index contributed by atoms with van der Waals surface area (Å²) in [6.45, 7) is 0. The fourth-order valence-electron chi connectivity index (χ4n) is 0.602. The number of benzene rings is 1. The molecule has 3 heteroatoms. The first-order chi connectivity index (χ1) is 4.30. The van der Waals surface area contributed by atoms with Crippen LogP contribution in [0.3, 0.4) is 0 Å². The molecule has 1 rings (SSSR count). The summed E-state index contributed by atoms with van der Waals surface area (Å²) in [7, 11) is 0. The number of hydrogen-bond donors (Lipinski definition) is 1. The van der Waals surface area contributed by atoms with Crippen LogP contribution in [0.1, 0.15) is 10.4 Å². The van der Waals surface area contributed by atoms with Crippen LogP contribution in [0, 0.1) is 0 Å². The van der Waals surface area contributed by atoms with Crippen molar-refractivity contribution >= 4 is 5.91 Å². The summed E-state index contributed by atoms with van der Waals surface area (Å²) in [5.74, 6) is -0.379. The molecule has 0 aliphatic heterocycles. The van der Waals surface area contributed by atoms with Gasteiger partial charge in [0.2, 0.25) is 5.91 Å². The largest absolute Gasteiger partial charge is 0.366 e. The Kier molecular flexibility index (Phi) is 3.97. The molecule has 2 nitrogen and oxygen atoms in total. The Morgan fingerprint density at radius 1 is 1.20 bits per heavy atom. The monoisotopic (exact) mass is 305 g/mol. The minimum atomic E-state index is -0.379. The number of carbonyl (C=O) groups is 1. The second-order valence-electron chi connectivity index (χ2n) is 1.73. The SMILES string of the molecule is NC(=O)c1ccccc1.[W]. The first-order valence-electron chi connectivity index (χ1n) is 2.65. The Morgan fingerprint density at radius 2 is 1.70 bits per heavy atom. The second-order valence-corrected chi connectivity index (χ2v) is 1.73. The van der Waals surface area contributed by atoms with E-state index in [2.05, 4.69) is 0 Å². The van der Waals surface area contributed by atoms with Gasteiger partial charge in [0, 0.05) is 26.6 Å². The van der Waals surface area contributed by atoms with E-state index in [1.54, 1.807) is 24.3 Å². The number of primary amides is 1. The molecule has 0 atom stereocenters. The molecule has 1 aromatic rings. The summed E-state index contributed by atoms with van der Waals surface area (Å²) in [6.07, 6.45) is 0. The van der Waals surface area contributed by atoms with Gasteiger partial charge >= 0.3 is 0 Å². The van der Waals surface area contributed by atoms with Gasteiger partial charge in [-0.1, -0.05) is 18.2 Å². The summed E-state index contributed by atoms with van der Waals surface area (Å²) in [5, 5.41) is 0. The predicted molar refractivity (Wildman–Crippen MR) is 35.0 cm³/mol. The maximum absolute atomic E-state index is 10.4. The zero-order valence-corrected chi connectivity index (χ0v) is 8.21. The molecular formula is C7H7NOW. The van der Waals surface area contributed by atoms with Crippen LogP contribution in [0.15, 0.2) is 30.3 Å². The van der Waals surface area contributed by atoms with Gasteiger partial charge in [-0.15, -0.1) is 0 Å². The van der Waals surface area contributed by atoms with Crippen LogP contribution in [0.2, 0.25) is 0 Å². The van der Waals surface area contributed by atoms with Crippen molar-refractivity contribution in [1.29, 1.82) is 0 Å². The molecule has 0 unspecified atom stereocenters. The molecule has 0 radical (unpaired) electrons. The third-order valence-corrected chi connectivity index (χ3v) is 1.06. The number of carbonyl (C=O) groups excluding carboxylic acids is 1. The van der Waals surface area contributed by atoms with E-state index in [1.165, 1.54) is 0 Å². The maximum Gasteiger partial charge on any atom is 0.248 e. The van der Waals surface area contributed by atoms with Crippen LogP contribution in [0.4, 0.5) is 0 Å². The zero-order chi connectivity index (χ0) is 6.69. The molecule has 0 aromatic heterocycles. The van der Waals surface area contributed by atoms with Gasteiger partial charge in [-0.05, 0) is 12.1 Å². The molecule has 1 aromatic carbocycles. The predicted octanol–water partition coefficient (Wildman–Crippen LogP) is 0.783. The maximum atomic E-state index is 10.4. The van der Waals surface area contributed by atoms with Gasteiger partial charge < -0.3 is 5.73 Å². The molecule has 0 saturated heterocycles. The van der Waals surface area contributed by atoms with Crippen LogP contribution in [0.5, 0.6) is 0 Å². The minimum absolute atomic E-state index is 0. The molecule has 10 heavy (non-hydrogen) atoms. The van der Waals surface area contributed by atoms with E-state index in [1.807, 2.05) is 6.07 Å². The van der Waals surface area contributed by atoms with Crippen LogP contribution in [0.25, 0.3) is 0 Å². The van der Waals surface area contributed by atoms with E-state index in [4.69, 9.17) is 5.73 Å². The van der Waals surface area contributed by atoms with Crippen molar-refractivity contribution in [2.45, 2.75) is 0 Å². The number of nitrogens with two attached hydrogens (primary N) is 1. The number of hydrogen-bond acceptors (Lipinski definition) is 1. The first kappa shape index (κ1) is 9.38. The van der Waals surface area contributed by atoms with Crippen molar-refractivity contribution < 1.29 is 25.9 Å². The summed E-state index contributed by atoms with van der Waals surface area (Å²) in [4.78, 5) is 10.4. The Hall–Kier alpha value is -0.622. The van der Waals surface area contributed by atoms with Gasteiger partial charge in [0.1, 0.15) is 0 Å². The molecule has 0 saturated carbocycles. The van der Waals surface area contributed by atoms with E-state index in [0.717, 1.165) is 0 Å². The van der Waals surface area contributed by atoms with Crippen LogP contribution >= 0.6 is 0 Å². The molecule has 0 spiro atoms. The van der Waals surface area contributed by atoms with Crippen molar-refractivity contribution in [3.8, 4) is 0 Å². The van der Waals surface area contributed by atoms with Gasteiger partial charge in [0.15, 0.2) is 0 Å². The van der Waals surface area contributed by atoms with Crippen LogP contribution < -0.4 is 5.73 Å². The zero-order valence-electron chi connectivity index (χ0n) is 5.28. The van der Waals surface area contributed by atoms with Crippen molar-refractivity contribution in [2.24, 2.45) is 5.73 Å². The van der Waals surface area contributed by atoms with E-state index in [9.17, 15) is 4.79 Å². The summed E-state index contributed by atoms with van der Waals surface area (Å²) in [5.41, 5.74) is 5.53. The molecular weight excluding hydrogens is 298 g/mol. The summed E-state index contributed by atoms with van der Waals surface area (Å²) in [6, 6.07) is 8.76. The normalized spacial score (nSPS) is 8.00. The summed E-state index contributed by atoms with van der Waals surface area (Å²) < 4.78 is 0. The Morgan fingerprint density at radius 3 is 2.00 bits per heavy atom. The van der Waals surface area contributed by atoms with E-state index < -0.39 is 0 Å². The standard InChI is InChI=1S/C7H7NO.W/c8-7(9)6-4-2-1-3-5-6;/h1-5H,(H2,8,9);. The molecule has 52 valence electrons. The Bertz CT molecular complexity index is 210. The van der Waals surface area contributed by atoms with Crippen molar-refractivity contribution in [2.75, 3.05) is 0 Å². The smallest absolute Gasteiger partial charge is 0.248 e. The van der Waals surface area contributed by atoms with Crippen LogP contribution in [-0.4, -0.2) is 5.91 Å². The van der Waals surface area contributed by atoms with Gasteiger partial charge in [0.25, 0.3) is 0 Å². The first-order valence-corrected chi connectivity index (χ1v) is 2.65. The fourth-order valence-corrected chi connectivity index (χ4v) is 0.602. The minimum Gasteiger partial charge on any atom is -0.366 e. The number of amides is 1. The molecule has 0 bridgehead atoms. The van der Waals surface area contributed by atoms with Gasteiger partial charge in [-0.2, -0.15) is 0 Å². The topological polar surface area (TPSA) is 43.1 Å². The molecule has 0 heterocycles. The molecule has 0 fully saturated rings. The van der Waals surface area contributed by atoms with Crippen molar-refractivity contribution in [3.05, 3.63) is 35.9 Å². The molecule has 2 N–H and O–H groups in total. The average Bonchev–Trinajstić information content (AvgIpc) is 1.90. The van der Waals surface area contributed by atoms with E-state index >= 15 is 0 Å². The van der Waals surface area contributed by atoms with Gasteiger partial charge in [-0.25, -0.2) is 0 Å². The third kappa shape index (κ3) is 2.32. The van der Waals surface area contributed by atoms with E-state index in [0.29, 0.717) is 5.56 Å². The van der Waals surface area contributed by atoms with Crippen molar-refractivity contribution in [3.63, 3.8) is 0 Å². The van der Waals surface area contributed by atoms with Crippen LogP contribution in [-0.2, 0) is 21.1 Å². The molecule has 1 amide bonds. The second kappa shape index (κ2) is 4.23. The average molecular weight is 305 g/mol. The van der Waals surface area contributed by atoms with Crippen molar-refractivity contribution in [1.82, 2.24) is 0 Å². The van der Waals surface area contributed by atoms with Gasteiger partial charge in [0.05, 0.1) is 0 Å². The Balaban J connectivity index is 0.000000810. The van der Waals surface area contributed by atoms with Gasteiger partial charge in [-0.3, -0.25) is 4.79 Å². The molecule has 0 aliphatic carbocycles. The fraction of sp³-hybridized carbons (Fsp3) is 0.